The van der Waals surface area contributed by atoms with Crippen LogP contribution in [0.15, 0.2) is 0 Å². The molecule has 0 aliphatic carbocycles. The molecule has 22 N–H and O–H groups in total. The van der Waals surface area contributed by atoms with Crippen LogP contribution >= 0.6 is 114 Å². The lowest BCUT2D eigenvalue weighted by Gasteiger charge is -2.13. The zero-order valence-corrected chi connectivity index (χ0v) is 59.7. The van der Waals surface area contributed by atoms with Crippen LogP contribution < -0.4 is 87.6 Å². The van der Waals surface area contributed by atoms with Crippen molar-refractivity contribution in [3.8, 4) is 0 Å². The topological polar surface area (TPSA) is 567 Å². The lowest BCUT2D eigenvalue weighted by molar-refractivity contribution is -0.174. The number of carbonyl (C=O) groups is 17. The number of likely N-dealkylation sites (N-methyl/N-ethyl adjacent to an activating group) is 2. The van der Waals surface area contributed by atoms with E-state index >= 15 is 0 Å². The largest absolute Gasteiger partial charge is 0.471 e. The van der Waals surface area contributed by atoms with E-state index < -0.39 is 108 Å². The Morgan fingerprint density at radius 2 is 0.489 bits per heavy atom. The second-order valence-corrected chi connectivity index (χ2v) is 20.1. The van der Waals surface area contributed by atoms with E-state index in [-0.39, 0.29) is 81.8 Å². The van der Waals surface area contributed by atoms with Crippen LogP contribution in [0.3, 0.4) is 0 Å². The number of nitrogens with one attached hydrogen (secondary N) is 10. The Kier molecular flexibility index (Phi) is 72.9. The molecule has 0 aliphatic heterocycles. The molecule has 0 rings (SSSR count). The average Bonchev–Trinajstić information content (AvgIpc) is 1.87. The summed E-state index contributed by atoms with van der Waals surface area (Å²) in [5.74, 6) is -9.03. The normalized spacial score (nSPS) is 12.2. The Bertz CT molecular complexity index is 2150. The predicted octanol–water partition coefficient (Wildman–Crippen LogP) is -6.25. The highest BCUT2D eigenvalue weighted by Crippen LogP contribution is 2.15. The molecule has 0 spiro atoms. The Balaban J connectivity index is -0.000000124. The van der Waals surface area contributed by atoms with Gasteiger partial charge in [-0.25, -0.2) is 0 Å². The minimum absolute atomic E-state index is 0.227. The number of thiol groups is 9. The van der Waals surface area contributed by atoms with Crippen LogP contribution in [0, 0.1) is 0 Å². The molecule has 0 saturated heterocycles. The molecule has 0 aromatic rings. The van der Waals surface area contributed by atoms with Crippen LogP contribution in [0.2, 0.25) is 0 Å². The first kappa shape index (κ1) is 107. The van der Waals surface area contributed by atoms with E-state index in [0.29, 0.717) is 17.9 Å². The molecule has 0 unspecified atom stereocenters. The average molecular weight is 1540 g/mol. The second kappa shape index (κ2) is 64.3. The summed E-state index contributed by atoms with van der Waals surface area (Å²) < 4.78 is 69.7. The highest BCUT2D eigenvalue weighted by atomic mass is 32.1. The van der Waals surface area contributed by atoms with Gasteiger partial charge in [-0.05, 0) is 12.2 Å². The van der Waals surface area contributed by atoms with Crippen molar-refractivity contribution in [1.82, 2.24) is 53.2 Å². The number of halogens is 6. The van der Waals surface area contributed by atoms with Crippen molar-refractivity contribution < 1.29 is 108 Å². The summed E-state index contributed by atoms with van der Waals surface area (Å²) in [4.78, 5) is 177. The quantitative estimate of drug-likeness (QED) is 0.0157. The molecule has 0 bridgehead atoms. The Hall–Kier alpha value is -6.08. The van der Waals surface area contributed by atoms with Gasteiger partial charge in [0.05, 0.1) is 0 Å². The standard InChI is InChI=1S/2C6H12N2O2S.2C5H7F3N2O2S.4C5H10N2O2S.C4H8OS/c2*1-4(9)8-5(3-11)6(10)7-2;2*6-5(7,8)4(12)10-2(1-13)3(9)11;4*1-3(8)7-4(2-10)5(6)9;5-3-1-2-4-6/h2*5,11H,3H2,1-2H3,(H,7,10)(H,8,9);2*2,13H,1H2,(H2,9,11)(H,10,12);4*4,10H,2H2,1H3,(H2,6,9)(H,7,8);3,6H,1-2,4H2/t2*5-;2*2-;4*4-;/m10101100./s1. The minimum Gasteiger partial charge on any atom is -0.368 e. The minimum atomic E-state index is -5.02. The van der Waals surface area contributed by atoms with E-state index in [1.165, 1.54) is 66.3 Å². The third-order valence-corrected chi connectivity index (χ3v) is 11.8. The molecule has 48 heteroatoms. The highest BCUT2D eigenvalue weighted by molar-refractivity contribution is 7.81. The number of rotatable bonds is 27. The van der Waals surface area contributed by atoms with Crippen molar-refractivity contribution in [2.45, 2.75) is 115 Å². The van der Waals surface area contributed by atoms with E-state index in [2.05, 4.69) is 168 Å². The smallest absolute Gasteiger partial charge is 0.368 e. The number of aldehydes is 1. The summed E-state index contributed by atoms with van der Waals surface area (Å²) in [7, 11) is 3.03. The lowest BCUT2D eigenvalue weighted by atomic mass is 10.3. The van der Waals surface area contributed by atoms with E-state index in [0.717, 1.165) is 18.5 Å². The van der Waals surface area contributed by atoms with Gasteiger partial charge in [-0.15, -0.1) is 0 Å². The van der Waals surface area contributed by atoms with Crippen molar-refractivity contribution in [1.29, 1.82) is 0 Å². The van der Waals surface area contributed by atoms with Crippen LogP contribution in [0.4, 0.5) is 26.3 Å². The molecule has 0 aromatic carbocycles. The van der Waals surface area contributed by atoms with Gasteiger partial charge in [-0.1, -0.05) is 0 Å². The number of amides is 16. The molecular formula is C46H86F6N16O17S9. The van der Waals surface area contributed by atoms with Crippen LogP contribution in [0.25, 0.3) is 0 Å². The van der Waals surface area contributed by atoms with Crippen molar-refractivity contribution in [3.05, 3.63) is 0 Å². The van der Waals surface area contributed by atoms with Crippen molar-refractivity contribution in [2.75, 3.05) is 65.9 Å². The van der Waals surface area contributed by atoms with Gasteiger partial charge in [0.25, 0.3) is 0 Å². The van der Waals surface area contributed by atoms with Crippen molar-refractivity contribution in [3.63, 3.8) is 0 Å². The molecule has 16 amide bonds. The fraction of sp³-hybridized carbons (Fsp3) is 0.630. The summed E-state index contributed by atoms with van der Waals surface area (Å²) >= 11 is 34.1. The van der Waals surface area contributed by atoms with Gasteiger partial charge in [0.2, 0.25) is 82.7 Å². The zero-order valence-electron chi connectivity index (χ0n) is 51.7. The molecule has 0 aromatic heterocycles. The highest BCUT2D eigenvalue weighted by Gasteiger charge is 2.41. The maximum Gasteiger partial charge on any atom is 0.471 e. The second-order valence-electron chi connectivity index (χ2n) is 16.7. The fourth-order valence-corrected chi connectivity index (χ4v) is 6.43. The SMILES string of the molecule is CC(=O)N[C@@H](CS)C(N)=O.CC(=O)N[C@@H](CS)C(N)=O.CC(=O)N[C@H](CS)C(N)=O.CC(=O)N[C@H](CS)C(N)=O.CNC(=O)[C@@H](CS)NC(C)=O.CNC(=O)[C@H](CS)NC(C)=O.NC(=O)[C@@H](CS)NC(=O)C(F)(F)F.NC(=O)[C@H](CS)NC(=O)C(F)(F)F.O=CCCCS. The third kappa shape index (κ3) is 71.8. The molecule has 548 valence electrons. The van der Waals surface area contributed by atoms with Crippen LogP contribution in [-0.2, 0) is 81.5 Å². The van der Waals surface area contributed by atoms with Gasteiger partial charge in [0, 0.05) is 108 Å². The molecule has 0 aliphatic rings. The molecule has 0 fully saturated rings. The van der Waals surface area contributed by atoms with Crippen molar-refractivity contribution >= 4 is 214 Å². The molecule has 0 radical (unpaired) electrons. The first-order valence-corrected chi connectivity index (χ1v) is 31.2. The number of hydrogen-bond acceptors (Lipinski definition) is 26. The predicted molar refractivity (Wildman–Crippen MR) is 365 cm³/mol. The Morgan fingerprint density at radius 1 is 0.330 bits per heavy atom. The first-order valence-electron chi connectivity index (χ1n) is 25.5. The van der Waals surface area contributed by atoms with Gasteiger partial charge >= 0.3 is 24.2 Å². The number of unbranched alkanes of at least 4 members (excludes halogenated alkanes) is 1. The summed E-state index contributed by atoms with van der Waals surface area (Å²) in [5.41, 5.74) is 28.9. The Labute approximate surface area is 587 Å². The number of alkyl halides is 6. The monoisotopic (exact) mass is 1540 g/mol. The van der Waals surface area contributed by atoms with Crippen molar-refractivity contribution in [2.24, 2.45) is 34.4 Å². The molecule has 0 heterocycles. The van der Waals surface area contributed by atoms with Gasteiger partial charge < -0.3 is 92.4 Å². The van der Waals surface area contributed by atoms with Gasteiger partial charge in [0.15, 0.2) is 0 Å². The summed E-state index contributed by atoms with van der Waals surface area (Å²) in [6.07, 6.45) is -7.56. The summed E-state index contributed by atoms with van der Waals surface area (Å²) in [6.45, 7) is 8.00. The summed E-state index contributed by atoms with van der Waals surface area (Å²) in [5, 5.41) is 21.9. The number of nitrogens with two attached hydrogens (primary N) is 6. The number of carbonyl (C=O) groups excluding carboxylic acids is 17. The molecular weight excluding hydrogens is 1450 g/mol. The number of hydrogen-bond donors (Lipinski definition) is 25. The van der Waals surface area contributed by atoms with E-state index in [1.807, 2.05) is 0 Å². The van der Waals surface area contributed by atoms with Gasteiger partial charge in [-0.2, -0.15) is 140 Å². The first-order chi connectivity index (χ1) is 43.0. The van der Waals surface area contributed by atoms with E-state index in [1.54, 1.807) is 0 Å². The summed E-state index contributed by atoms with van der Waals surface area (Å²) in [6, 6.07) is -6.47. The van der Waals surface area contributed by atoms with Gasteiger partial charge in [0.1, 0.15) is 54.6 Å². The molecule has 94 heavy (non-hydrogen) atoms. The zero-order chi connectivity index (χ0) is 76.4. The van der Waals surface area contributed by atoms with E-state index in [4.69, 9.17) is 22.9 Å². The van der Waals surface area contributed by atoms with Crippen LogP contribution in [-0.4, -0.2) is 227 Å². The number of primary amides is 6. The lowest BCUT2D eigenvalue weighted by Crippen LogP contribution is -2.50. The van der Waals surface area contributed by atoms with Gasteiger partial charge in [-0.3, -0.25) is 76.7 Å². The van der Waals surface area contributed by atoms with E-state index in [9.17, 15) is 108 Å². The Morgan fingerprint density at radius 3 is 0.574 bits per heavy atom. The molecule has 0 saturated carbocycles. The molecule has 8 atom stereocenters. The molecule has 33 nitrogen and oxygen atoms in total. The fourth-order valence-electron chi connectivity index (χ4n) is 4.10. The maximum atomic E-state index is 11.6. The third-order valence-electron chi connectivity index (χ3n) is 8.52. The van der Waals surface area contributed by atoms with Crippen LogP contribution in [0.1, 0.15) is 54.4 Å². The van der Waals surface area contributed by atoms with Crippen LogP contribution in [0.5, 0.6) is 0 Å². The maximum absolute atomic E-state index is 11.6.